The van der Waals surface area contributed by atoms with Crippen LogP contribution in [0.2, 0.25) is 0 Å². The number of aryl methyl sites for hydroxylation is 1. The first-order valence-corrected chi connectivity index (χ1v) is 10.7. The van der Waals surface area contributed by atoms with Crippen LogP contribution in [0.3, 0.4) is 0 Å². The van der Waals surface area contributed by atoms with Crippen molar-refractivity contribution < 1.29 is 17.9 Å². The molecule has 158 valence electrons. The van der Waals surface area contributed by atoms with Crippen molar-refractivity contribution in [1.82, 2.24) is 24.8 Å². The van der Waals surface area contributed by atoms with Gasteiger partial charge in [-0.3, -0.25) is 4.79 Å². The van der Waals surface area contributed by atoms with Crippen LogP contribution in [0.1, 0.15) is 21.5 Å². The van der Waals surface area contributed by atoms with E-state index >= 15 is 0 Å². The highest BCUT2D eigenvalue weighted by atomic mass is 32.2. The molecule has 0 saturated carbocycles. The van der Waals surface area contributed by atoms with Gasteiger partial charge >= 0.3 is 0 Å². The lowest BCUT2D eigenvalue weighted by Crippen LogP contribution is -2.28. The van der Waals surface area contributed by atoms with Crippen LogP contribution in [0.15, 0.2) is 60.0 Å². The molecule has 0 bridgehead atoms. The zero-order chi connectivity index (χ0) is 21.6. The van der Waals surface area contributed by atoms with E-state index in [1.165, 1.54) is 25.6 Å². The average molecular weight is 430 g/mol. The van der Waals surface area contributed by atoms with E-state index in [0.717, 1.165) is 11.3 Å². The molecule has 1 aromatic heterocycles. The lowest BCUT2D eigenvalue weighted by Gasteiger charge is -2.11. The maximum Gasteiger partial charge on any atom is 0.251 e. The summed E-state index contributed by atoms with van der Waals surface area (Å²) in [5.74, 6) is -0.346. The Kier molecular flexibility index (Phi) is 6.93. The van der Waals surface area contributed by atoms with Gasteiger partial charge in [0.1, 0.15) is 12.7 Å². The van der Waals surface area contributed by atoms with E-state index in [1.54, 1.807) is 24.0 Å². The third kappa shape index (κ3) is 5.29. The summed E-state index contributed by atoms with van der Waals surface area (Å²) in [4.78, 5) is 16.6. The zero-order valence-corrected chi connectivity index (χ0v) is 17.5. The molecule has 2 aromatic carbocycles. The Balaban J connectivity index is 1.67. The highest BCUT2D eigenvalue weighted by molar-refractivity contribution is 7.89. The lowest BCUT2D eigenvalue weighted by atomic mass is 10.1. The number of sulfonamides is 1. The molecule has 30 heavy (non-hydrogen) atoms. The minimum Gasteiger partial charge on any atom is -0.383 e. The van der Waals surface area contributed by atoms with Crippen molar-refractivity contribution in [2.24, 2.45) is 0 Å². The van der Waals surface area contributed by atoms with Crippen LogP contribution >= 0.6 is 0 Å². The van der Waals surface area contributed by atoms with Crippen LogP contribution < -0.4 is 10.0 Å². The number of amides is 1. The SMILES string of the molecule is COCCNS(=O)(=O)c1ccc(C)c(C(=O)NCc2ccc(-n3cncn3)cc2)c1. The zero-order valence-electron chi connectivity index (χ0n) is 16.7. The van der Waals surface area contributed by atoms with E-state index in [1.807, 2.05) is 24.3 Å². The Hall–Kier alpha value is -3.08. The molecule has 0 aliphatic rings. The predicted octanol–water partition coefficient (Wildman–Crippen LogP) is 1.43. The first kappa shape index (κ1) is 21.6. The van der Waals surface area contributed by atoms with Gasteiger partial charge in [0, 0.05) is 25.8 Å². The first-order valence-electron chi connectivity index (χ1n) is 9.22. The van der Waals surface area contributed by atoms with E-state index in [2.05, 4.69) is 20.1 Å². The highest BCUT2D eigenvalue weighted by Crippen LogP contribution is 2.16. The number of ether oxygens (including phenoxy) is 1. The molecule has 0 aliphatic heterocycles. The van der Waals surface area contributed by atoms with Gasteiger partial charge in [-0.1, -0.05) is 18.2 Å². The maximum atomic E-state index is 12.7. The quantitative estimate of drug-likeness (QED) is 0.497. The number of benzene rings is 2. The Morgan fingerprint density at radius 1 is 1.17 bits per heavy atom. The first-order chi connectivity index (χ1) is 14.4. The monoisotopic (exact) mass is 429 g/mol. The van der Waals surface area contributed by atoms with Gasteiger partial charge in [0.15, 0.2) is 0 Å². The van der Waals surface area contributed by atoms with E-state index in [0.29, 0.717) is 17.7 Å². The Morgan fingerprint density at radius 2 is 1.93 bits per heavy atom. The summed E-state index contributed by atoms with van der Waals surface area (Å²) in [5, 5.41) is 6.90. The summed E-state index contributed by atoms with van der Waals surface area (Å²) >= 11 is 0. The van der Waals surface area contributed by atoms with Gasteiger partial charge in [-0.2, -0.15) is 5.10 Å². The molecule has 9 nitrogen and oxygen atoms in total. The molecule has 10 heteroatoms. The van der Waals surface area contributed by atoms with E-state index in [-0.39, 0.29) is 24.0 Å². The maximum absolute atomic E-state index is 12.7. The lowest BCUT2D eigenvalue weighted by molar-refractivity contribution is 0.0950. The summed E-state index contributed by atoms with van der Waals surface area (Å²) in [6.07, 6.45) is 3.06. The molecule has 1 heterocycles. The van der Waals surface area contributed by atoms with Crippen molar-refractivity contribution in [3.63, 3.8) is 0 Å². The van der Waals surface area contributed by atoms with Crippen LogP contribution in [0.5, 0.6) is 0 Å². The van der Waals surface area contributed by atoms with Gasteiger partial charge in [-0.15, -0.1) is 0 Å². The highest BCUT2D eigenvalue weighted by Gasteiger charge is 2.17. The number of nitrogens with zero attached hydrogens (tertiary/aromatic N) is 3. The van der Waals surface area contributed by atoms with Crippen molar-refractivity contribution in [2.75, 3.05) is 20.3 Å². The van der Waals surface area contributed by atoms with Crippen molar-refractivity contribution in [2.45, 2.75) is 18.4 Å². The summed E-state index contributed by atoms with van der Waals surface area (Å²) in [5.41, 5.74) is 2.75. The van der Waals surface area contributed by atoms with Crippen molar-refractivity contribution in [1.29, 1.82) is 0 Å². The Labute approximate surface area is 175 Å². The molecule has 3 aromatic rings. The molecule has 0 radical (unpaired) electrons. The van der Waals surface area contributed by atoms with E-state index in [4.69, 9.17) is 4.74 Å². The number of carbonyl (C=O) groups excluding carboxylic acids is 1. The van der Waals surface area contributed by atoms with Crippen LogP contribution in [0.25, 0.3) is 5.69 Å². The molecular formula is C20H23N5O4S. The molecule has 1 amide bonds. The summed E-state index contributed by atoms with van der Waals surface area (Å²) in [6, 6.07) is 12.0. The van der Waals surface area contributed by atoms with Gasteiger partial charge in [0.05, 0.1) is 17.2 Å². The molecule has 2 N–H and O–H groups in total. The van der Waals surface area contributed by atoms with Gasteiger partial charge in [0.25, 0.3) is 5.91 Å². The minimum atomic E-state index is -3.72. The van der Waals surface area contributed by atoms with Gasteiger partial charge < -0.3 is 10.1 Å². The van der Waals surface area contributed by atoms with Crippen LogP contribution in [0, 0.1) is 6.92 Å². The number of nitrogens with one attached hydrogen (secondary N) is 2. The molecule has 0 saturated heterocycles. The third-order valence-electron chi connectivity index (χ3n) is 4.43. The fourth-order valence-corrected chi connectivity index (χ4v) is 3.80. The Morgan fingerprint density at radius 3 is 2.60 bits per heavy atom. The number of rotatable bonds is 9. The summed E-state index contributed by atoms with van der Waals surface area (Å²) < 4.78 is 33.7. The molecular weight excluding hydrogens is 406 g/mol. The minimum absolute atomic E-state index is 0.0338. The van der Waals surface area contributed by atoms with Gasteiger partial charge in [-0.05, 0) is 42.3 Å². The second-order valence-electron chi connectivity index (χ2n) is 6.56. The molecule has 0 fully saturated rings. The number of carbonyl (C=O) groups is 1. The molecule has 3 rings (SSSR count). The average Bonchev–Trinajstić information content (AvgIpc) is 3.27. The normalized spacial score (nSPS) is 11.4. The fraction of sp³-hybridized carbons (Fsp3) is 0.250. The molecule has 0 aliphatic carbocycles. The molecule has 0 atom stereocenters. The van der Waals surface area contributed by atoms with E-state index < -0.39 is 10.0 Å². The largest absolute Gasteiger partial charge is 0.383 e. The van der Waals surface area contributed by atoms with E-state index in [9.17, 15) is 13.2 Å². The smallest absolute Gasteiger partial charge is 0.251 e. The number of hydrogen-bond acceptors (Lipinski definition) is 6. The van der Waals surface area contributed by atoms with Crippen LogP contribution in [0.4, 0.5) is 0 Å². The fourth-order valence-electron chi connectivity index (χ4n) is 2.76. The molecule has 0 spiro atoms. The third-order valence-corrected chi connectivity index (χ3v) is 5.89. The van der Waals surface area contributed by atoms with Crippen molar-refractivity contribution in [3.05, 3.63) is 71.8 Å². The topological polar surface area (TPSA) is 115 Å². The predicted molar refractivity (Wildman–Crippen MR) is 111 cm³/mol. The summed E-state index contributed by atoms with van der Waals surface area (Å²) in [6.45, 7) is 2.47. The van der Waals surface area contributed by atoms with Crippen LogP contribution in [-0.4, -0.2) is 49.4 Å². The van der Waals surface area contributed by atoms with Gasteiger partial charge in [-0.25, -0.2) is 22.8 Å². The van der Waals surface area contributed by atoms with Crippen LogP contribution in [-0.2, 0) is 21.3 Å². The van der Waals surface area contributed by atoms with Gasteiger partial charge in [0.2, 0.25) is 10.0 Å². The standard InChI is InChI=1S/C20H23N5O4S/c1-15-3-8-18(30(27,28)24-9-10-29-2)11-19(15)20(26)22-12-16-4-6-17(7-5-16)25-14-21-13-23-25/h3-8,11,13-14,24H,9-10,12H2,1-2H3,(H,22,26). The summed E-state index contributed by atoms with van der Waals surface area (Å²) in [7, 11) is -2.23. The number of aromatic nitrogens is 3. The van der Waals surface area contributed by atoms with Crippen molar-refractivity contribution in [3.8, 4) is 5.69 Å². The Bertz CT molecular complexity index is 1100. The number of methoxy groups -OCH3 is 1. The second kappa shape index (κ2) is 9.61. The van der Waals surface area contributed by atoms with Crippen molar-refractivity contribution >= 4 is 15.9 Å². The molecule has 0 unspecified atom stereocenters. The second-order valence-corrected chi connectivity index (χ2v) is 8.32. The number of hydrogen-bond donors (Lipinski definition) is 2.